The fraction of sp³-hybridized carbons (Fsp3) is 0.278. The molecule has 1 aliphatic heterocycles. The average molecular weight is 412 g/mol. The Bertz CT molecular complexity index is 947. The van der Waals surface area contributed by atoms with Gasteiger partial charge in [0.15, 0.2) is 5.16 Å². The minimum absolute atomic E-state index is 0.112. The number of rotatable bonds is 5. The molecule has 1 aliphatic rings. The topological polar surface area (TPSA) is 81.5 Å². The van der Waals surface area contributed by atoms with Crippen LogP contribution in [0.2, 0.25) is 0 Å². The molecule has 1 atom stereocenters. The van der Waals surface area contributed by atoms with E-state index in [-0.39, 0.29) is 22.9 Å². The number of thioether (sulfide) groups is 1. The van der Waals surface area contributed by atoms with Gasteiger partial charge in [-0.15, -0.1) is 0 Å². The molecule has 0 aliphatic carbocycles. The van der Waals surface area contributed by atoms with E-state index in [0.29, 0.717) is 17.1 Å². The third kappa shape index (κ3) is 4.06. The van der Waals surface area contributed by atoms with Crippen LogP contribution < -0.4 is 9.47 Å². The summed E-state index contributed by atoms with van der Waals surface area (Å²) < 4.78 is 50.5. The Kier molecular flexibility index (Phi) is 5.50. The van der Waals surface area contributed by atoms with Crippen molar-refractivity contribution in [2.75, 3.05) is 6.26 Å². The number of carboxylic acid groups (broad SMARTS) is 1. The lowest BCUT2D eigenvalue weighted by Crippen LogP contribution is -2.40. The van der Waals surface area contributed by atoms with Gasteiger partial charge in [0.05, 0.1) is 5.57 Å². The van der Waals surface area contributed by atoms with Gasteiger partial charge >= 0.3 is 12.1 Å². The second-order valence-electron chi connectivity index (χ2n) is 5.78. The van der Waals surface area contributed by atoms with Gasteiger partial charge in [-0.05, 0) is 30.4 Å². The zero-order valence-electron chi connectivity index (χ0n) is 14.8. The molecule has 0 spiro atoms. The third-order valence-electron chi connectivity index (χ3n) is 3.96. The molecule has 0 radical (unpaired) electrons. The molecule has 2 aromatic rings. The van der Waals surface area contributed by atoms with Crippen LogP contribution in [0.25, 0.3) is 6.08 Å². The van der Waals surface area contributed by atoms with Crippen molar-refractivity contribution < 1.29 is 32.5 Å². The highest BCUT2D eigenvalue weighted by molar-refractivity contribution is 7.98. The SMILES string of the molecule is CCc1cc2c(cc1Oc1ccnc(SC)n1)OC(C(F)(F)F)C(C(=O)O)=C2. The smallest absolute Gasteiger partial charge is 0.430 e. The largest absolute Gasteiger partial charge is 0.478 e. The van der Waals surface area contributed by atoms with E-state index in [1.807, 2.05) is 6.92 Å². The summed E-state index contributed by atoms with van der Waals surface area (Å²) in [4.78, 5) is 19.5. The first-order valence-corrected chi connectivity index (χ1v) is 9.35. The summed E-state index contributed by atoms with van der Waals surface area (Å²) >= 11 is 1.32. The molecule has 0 amide bonds. The lowest BCUT2D eigenvalue weighted by Gasteiger charge is -2.27. The number of aliphatic carboxylic acids is 1. The van der Waals surface area contributed by atoms with Crippen LogP contribution in [0.3, 0.4) is 0 Å². The van der Waals surface area contributed by atoms with Crippen molar-refractivity contribution in [1.29, 1.82) is 0 Å². The quantitative estimate of drug-likeness (QED) is 0.578. The van der Waals surface area contributed by atoms with Crippen molar-refractivity contribution in [2.45, 2.75) is 30.8 Å². The molecule has 1 aromatic carbocycles. The van der Waals surface area contributed by atoms with Crippen molar-refractivity contribution >= 4 is 23.8 Å². The van der Waals surface area contributed by atoms with Crippen LogP contribution in [-0.4, -0.2) is 39.6 Å². The maximum atomic E-state index is 13.2. The first-order valence-electron chi connectivity index (χ1n) is 8.13. The van der Waals surface area contributed by atoms with Crippen LogP contribution in [0.15, 0.2) is 35.1 Å². The van der Waals surface area contributed by atoms with E-state index < -0.39 is 23.8 Å². The molecule has 6 nitrogen and oxygen atoms in total. The lowest BCUT2D eigenvalue weighted by molar-refractivity contribution is -0.187. The number of hydrogen-bond donors (Lipinski definition) is 1. The summed E-state index contributed by atoms with van der Waals surface area (Å²) in [5, 5.41) is 9.62. The number of fused-ring (bicyclic) bond motifs is 1. The van der Waals surface area contributed by atoms with Gasteiger partial charge in [-0.25, -0.2) is 9.78 Å². The van der Waals surface area contributed by atoms with Gasteiger partial charge in [0.25, 0.3) is 0 Å². The minimum Gasteiger partial charge on any atom is -0.478 e. The molecule has 0 saturated carbocycles. The molecular formula is C18H15F3N2O4S. The van der Waals surface area contributed by atoms with Gasteiger partial charge in [0.1, 0.15) is 11.5 Å². The highest BCUT2D eigenvalue weighted by Gasteiger charge is 2.48. The molecule has 1 unspecified atom stereocenters. The summed E-state index contributed by atoms with van der Waals surface area (Å²) in [6, 6.07) is 4.40. The number of ether oxygens (including phenoxy) is 2. The lowest BCUT2D eigenvalue weighted by atomic mass is 9.98. The number of carboxylic acids is 1. The molecule has 2 heterocycles. The second kappa shape index (κ2) is 7.70. The van der Waals surface area contributed by atoms with Gasteiger partial charge in [0, 0.05) is 23.9 Å². The molecule has 3 rings (SSSR count). The van der Waals surface area contributed by atoms with Crippen molar-refractivity contribution in [3.63, 3.8) is 0 Å². The number of halogens is 3. The molecule has 0 fully saturated rings. The van der Waals surface area contributed by atoms with E-state index in [9.17, 15) is 18.0 Å². The first kappa shape index (κ1) is 20.0. The van der Waals surface area contributed by atoms with Crippen molar-refractivity contribution in [1.82, 2.24) is 9.97 Å². The molecule has 28 heavy (non-hydrogen) atoms. The van der Waals surface area contributed by atoms with E-state index in [1.54, 1.807) is 12.3 Å². The van der Waals surface area contributed by atoms with Gasteiger partial charge in [-0.1, -0.05) is 18.7 Å². The summed E-state index contributed by atoms with van der Waals surface area (Å²) in [7, 11) is 0. The fourth-order valence-corrected chi connectivity index (χ4v) is 3.00. The van der Waals surface area contributed by atoms with Crippen LogP contribution in [-0.2, 0) is 11.2 Å². The number of benzene rings is 1. The molecule has 148 valence electrons. The zero-order chi connectivity index (χ0) is 20.5. The standard InChI is InChI=1S/C18H15F3N2O4S/c1-3-9-6-10-7-11(16(24)25)15(18(19,20)21)27-13(10)8-12(9)26-14-4-5-22-17(23-14)28-2/h4-8,15H,3H2,1-2H3,(H,24,25). The van der Waals surface area contributed by atoms with Gasteiger partial charge in [-0.2, -0.15) is 18.2 Å². The van der Waals surface area contributed by atoms with Crippen molar-refractivity contribution in [3.8, 4) is 17.4 Å². The van der Waals surface area contributed by atoms with Crippen LogP contribution in [0.4, 0.5) is 13.2 Å². The Morgan fingerprint density at radius 1 is 1.39 bits per heavy atom. The van der Waals surface area contributed by atoms with Crippen molar-refractivity contribution in [3.05, 3.63) is 41.1 Å². The molecular weight excluding hydrogens is 397 g/mol. The van der Waals surface area contributed by atoms with Crippen LogP contribution >= 0.6 is 11.8 Å². The Morgan fingerprint density at radius 3 is 2.75 bits per heavy atom. The average Bonchev–Trinajstić information content (AvgIpc) is 2.65. The third-order valence-corrected chi connectivity index (χ3v) is 4.52. The Morgan fingerprint density at radius 2 is 2.14 bits per heavy atom. The van der Waals surface area contributed by atoms with Crippen LogP contribution in [0.5, 0.6) is 17.4 Å². The molecule has 1 aromatic heterocycles. The maximum absolute atomic E-state index is 13.2. The first-order chi connectivity index (χ1) is 13.2. The Labute approximate surface area is 162 Å². The van der Waals surface area contributed by atoms with E-state index in [0.717, 1.165) is 6.08 Å². The monoisotopic (exact) mass is 412 g/mol. The normalized spacial score (nSPS) is 16.0. The highest BCUT2D eigenvalue weighted by atomic mass is 32.2. The van der Waals surface area contributed by atoms with E-state index in [4.69, 9.17) is 14.6 Å². The zero-order valence-corrected chi connectivity index (χ0v) is 15.6. The predicted octanol–water partition coefficient (Wildman–Crippen LogP) is 4.34. The van der Waals surface area contributed by atoms with Gasteiger partial charge in [-0.3, -0.25) is 0 Å². The van der Waals surface area contributed by atoms with Gasteiger partial charge in [0.2, 0.25) is 12.0 Å². The van der Waals surface area contributed by atoms with E-state index in [2.05, 4.69) is 9.97 Å². The van der Waals surface area contributed by atoms with E-state index >= 15 is 0 Å². The second-order valence-corrected chi connectivity index (χ2v) is 6.55. The Balaban J connectivity index is 2.04. The molecule has 1 N–H and O–H groups in total. The predicted molar refractivity (Wildman–Crippen MR) is 95.8 cm³/mol. The van der Waals surface area contributed by atoms with Crippen LogP contribution in [0, 0.1) is 0 Å². The number of alkyl halides is 3. The fourth-order valence-electron chi connectivity index (χ4n) is 2.65. The number of aryl methyl sites for hydroxylation is 1. The molecule has 10 heteroatoms. The summed E-state index contributed by atoms with van der Waals surface area (Å²) in [6.07, 6.45) is -2.63. The highest BCUT2D eigenvalue weighted by Crippen LogP contribution is 2.41. The summed E-state index contributed by atoms with van der Waals surface area (Å²) in [6.45, 7) is 1.84. The molecule has 0 saturated heterocycles. The number of aromatic nitrogens is 2. The minimum atomic E-state index is -4.87. The maximum Gasteiger partial charge on any atom is 0.430 e. The van der Waals surface area contributed by atoms with Crippen LogP contribution in [0.1, 0.15) is 18.1 Å². The molecule has 0 bridgehead atoms. The number of hydrogen-bond acceptors (Lipinski definition) is 6. The Hall–Kier alpha value is -2.75. The van der Waals surface area contributed by atoms with E-state index in [1.165, 1.54) is 30.1 Å². The van der Waals surface area contributed by atoms with Gasteiger partial charge < -0.3 is 14.6 Å². The van der Waals surface area contributed by atoms with Crippen molar-refractivity contribution in [2.24, 2.45) is 0 Å². The number of nitrogens with zero attached hydrogens (tertiary/aromatic N) is 2. The summed E-state index contributed by atoms with van der Waals surface area (Å²) in [5.41, 5.74) is 0.0452. The summed E-state index contributed by atoms with van der Waals surface area (Å²) in [5.74, 6) is -1.28. The number of carbonyl (C=O) groups is 1.